The van der Waals surface area contributed by atoms with Gasteiger partial charge in [-0.15, -0.1) is 0 Å². The van der Waals surface area contributed by atoms with E-state index >= 15 is 0 Å². The van der Waals surface area contributed by atoms with Gasteiger partial charge < -0.3 is 4.74 Å². The molecule has 3 atom stereocenters. The number of nitrogens with zero attached hydrogens (tertiary/aromatic N) is 1. The van der Waals surface area contributed by atoms with Gasteiger partial charge in [0, 0.05) is 26.1 Å². The zero-order chi connectivity index (χ0) is 13.2. The summed E-state index contributed by atoms with van der Waals surface area (Å²) in [6.45, 7) is 5.70. The smallest absolute Gasteiger partial charge is 0.306 e. The number of esters is 1. The lowest BCUT2D eigenvalue weighted by atomic mass is 10.1. The first kappa shape index (κ1) is 12.7. The van der Waals surface area contributed by atoms with E-state index in [2.05, 4.69) is 35.2 Å². The molecule has 102 valence electrons. The monoisotopic (exact) mass is 259 g/mol. The van der Waals surface area contributed by atoms with Gasteiger partial charge in [-0.25, -0.2) is 0 Å². The zero-order valence-corrected chi connectivity index (χ0v) is 11.4. The number of carbonyl (C=O) groups excluding carboxylic acids is 1. The maximum absolute atomic E-state index is 11.5. The van der Waals surface area contributed by atoms with E-state index in [1.54, 1.807) is 0 Å². The Morgan fingerprint density at radius 2 is 1.95 bits per heavy atom. The summed E-state index contributed by atoms with van der Waals surface area (Å²) < 4.78 is 5.03. The highest BCUT2D eigenvalue weighted by Gasteiger charge is 2.55. The first-order valence-electron chi connectivity index (χ1n) is 7.20. The number of rotatable bonds is 5. The Balaban J connectivity index is 1.44. The predicted octanol–water partition coefficient (Wildman–Crippen LogP) is 2.32. The van der Waals surface area contributed by atoms with Gasteiger partial charge in [0.25, 0.3) is 0 Å². The molecule has 1 unspecified atom stereocenters. The van der Waals surface area contributed by atoms with Gasteiger partial charge in [0.15, 0.2) is 0 Å². The largest absolute Gasteiger partial charge is 0.466 e. The highest BCUT2D eigenvalue weighted by atomic mass is 16.5. The molecule has 19 heavy (non-hydrogen) atoms. The molecule has 2 aliphatic rings. The molecule has 3 nitrogen and oxygen atoms in total. The molecule has 0 N–H and O–H groups in total. The van der Waals surface area contributed by atoms with Crippen LogP contribution < -0.4 is 0 Å². The number of hydrogen-bond donors (Lipinski definition) is 0. The van der Waals surface area contributed by atoms with Crippen LogP contribution in [0.2, 0.25) is 0 Å². The van der Waals surface area contributed by atoms with Gasteiger partial charge in [-0.3, -0.25) is 9.69 Å². The van der Waals surface area contributed by atoms with Crippen LogP contribution in [0.4, 0.5) is 0 Å². The Labute approximate surface area is 114 Å². The molecular formula is C16H21NO2. The van der Waals surface area contributed by atoms with Crippen LogP contribution in [0.1, 0.15) is 18.9 Å². The fraction of sp³-hybridized carbons (Fsp3) is 0.562. The van der Waals surface area contributed by atoms with Crippen LogP contribution in [0.5, 0.6) is 0 Å². The summed E-state index contributed by atoms with van der Waals surface area (Å²) in [6.07, 6.45) is 0.627. The van der Waals surface area contributed by atoms with E-state index in [1.165, 1.54) is 5.56 Å². The average molecular weight is 259 g/mol. The molecule has 2 fully saturated rings. The van der Waals surface area contributed by atoms with E-state index < -0.39 is 0 Å². The fourth-order valence-corrected chi connectivity index (χ4v) is 3.42. The molecule has 0 amide bonds. The van der Waals surface area contributed by atoms with Crippen molar-refractivity contribution in [2.45, 2.75) is 19.9 Å². The van der Waals surface area contributed by atoms with Crippen molar-refractivity contribution in [3.05, 3.63) is 35.9 Å². The van der Waals surface area contributed by atoms with E-state index in [0.717, 1.165) is 31.5 Å². The molecule has 1 aromatic rings. The summed E-state index contributed by atoms with van der Waals surface area (Å²) >= 11 is 0. The first-order chi connectivity index (χ1) is 9.28. The molecule has 0 radical (unpaired) electrons. The number of carbonyl (C=O) groups is 1. The quantitative estimate of drug-likeness (QED) is 0.760. The Morgan fingerprint density at radius 1 is 1.26 bits per heavy atom. The number of hydrogen-bond acceptors (Lipinski definition) is 3. The Bertz CT molecular complexity index is 433. The van der Waals surface area contributed by atoms with Crippen molar-refractivity contribution in [3.8, 4) is 0 Å². The second kappa shape index (κ2) is 5.33. The SMILES string of the molecule is CCOC(=O)CC1[C@H]2CN(Cc3ccccc3)C[C@@H]12. The lowest BCUT2D eigenvalue weighted by molar-refractivity contribution is -0.143. The van der Waals surface area contributed by atoms with Crippen molar-refractivity contribution >= 4 is 5.97 Å². The Kier molecular flexibility index (Phi) is 3.56. The average Bonchev–Trinajstić information content (AvgIpc) is 2.86. The predicted molar refractivity (Wildman–Crippen MR) is 73.4 cm³/mol. The van der Waals surface area contributed by atoms with Crippen molar-refractivity contribution in [3.63, 3.8) is 0 Å². The summed E-state index contributed by atoms with van der Waals surface area (Å²) in [4.78, 5) is 14.0. The van der Waals surface area contributed by atoms with Gasteiger partial charge in [0.1, 0.15) is 0 Å². The number of benzene rings is 1. The molecule has 0 spiro atoms. The lowest BCUT2D eigenvalue weighted by Crippen LogP contribution is -2.24. The fourth-order valence-electron chi connectivity index (χ4n) is 3.42. The molecule has 1 aliphatic carbocycles. The van der Waals surface area contributed by atoms with Crippen LogP contribution in [-0.2, 0) is 16.1 Å². The minimum absolute atomic E-state index is 0.0171. The number of piperidine rings is 1. The van der Waals surface area contributed by atoms with Crippen molar-refractivity contribution in [2.24, 2.45) is 17.8 Å². The summed E-state index contributed by atoms with van der Waals surface area (Å²) in [5.74, 6) is 2.03. The van der Waals surface area contributed by atoms with Crippen LogP contribution in [-0.4, -0.2) is 30.6 Å². The van der Waals surface area contributed by atoms with Gasteiger partial charge in [0.2, 0.25) is 0 Å². The minimum Gasteiger partial charge on any atom is -0.466 e. The second-order valence-electron chi connectivity index (χ2n) is 5.68. The van der Waals surface area contributed by atoms with Crippen LogP contribution in [0.15, 0.2) is 30.3 Å². The molecule has 3 heteroatoms. The van der Waals surface area contributed by atoms with E-state index in [9.17, 15) is 4.79 Å². The Hall–Kier alpha value is -1.35. The van der Waals surface area contributed by atoms with Gasteiger partial charge >= 0.3 is 5.97 Å². The van der Waals surface area contributed by atoms with Gasteiger partial charge in [-0.2, -0.15) is 0 Å². The molecule has 3 rings (SSSR count). The molecule has 1 aliphatic heterocycles. The summed E-state index contributed by atoms with van der Waals surface area (Å²) in [5.41, 5.74) is 1.38. The molecule has 1 heterocycles. The summed E-state index contributed by atoms with van der Waals surface area (Å²) in [5, 5.41) is 0. The van der Waals surface area contributed by atoms with Crippen molar-refractivity contribution < 1.29 is 9.53 Å². The lowest BCUT2D eigenvalue weighted by Gasteiger charge is -2.19. The summed E-state index contributed by atoms with van der Waals surface area (Å²) in [6, 6.07) is 10.6. The number of likely N-dealkylation sites (tertiary alicyclic amines) is 1. The van der Waals surface area contributed by atoms with Crippen LogP contribution in [0.25, 0.3) is 0 Å². The van der Waals surface area contributed by atoms with Crippen LogP contribution in [0, 0.1) is 17.8 Å². The molecular weight excluding hydrogens is 238 g/mol. The third-order valence-electron chi connectivity index (χ3n) is 4.40. The van der Waals surface area contributed by atoms with Crippen LogP contribution >= 0.6 is 0 Å². The molecule has 1 aromatic carbocycles. The van der Waals surface area contributed by atoms with Crippen molar-refractivity contribution in [2.75, 3.05) is 19.7 Å². The highest BCUT2D eigenvalue weighted by Crippen LogP contribution is 2.53. The van der Waals surface area contributed by atoms with Gasteiger partial charge in [0.05, 0.1) is 6.61 Å². The zero-order valence-electron chi connectivity index (χ0n) is 11.4. The van der Waals surface area contributed by atoms with E-state index in [-0.39, 0.29) is 5.97 Å². The van der Waals surface area contributed by atoms with Crippen molar-refractivity contribution in [1.29, 1.82) is 0 Å². The van der Waals surface area contributed by atoms with E-state index in [4.69, 9.17) is 4.74 Å². The number of fused-ring (bicyclic) bond motifs is 1. The van der Waals surface area contributed by atoms with E-state index in [0.29, 0.717) is 18.9 Å². The van der Waals surface area contributed by atoms with Crippen molar-refractivity contribution in [1.82, 2.24) is 4.90 Å². The van der Waals surface area contributed by atoms with E-state index in [1.807, 2.05) is 6.92 Å². The molecule has 0 bridgehead atoms. The molecule has 1 saturated heterocycles. The molecule has 0 aromatic heterocycles. The first-order valence-corrected chi connectivity index (χ1v) is 7.20. The minimum atomic E-state index is -0.0171. The summed E-state index contributed by atoms with van der Waals surface area (Å²) in [7, 11) is 0. The van der Waals surface area contributed by atoms with Gasteiger partial charge in [-0.05, 0) is 30.2 Å². The third kappa shape index (κ3) is 2.81. The highest BCUT2D eigenvalue weighted by molar-refractivity contribution is 5.70. The maximum Gasteiger partial charge on any atom is 0.306 e. The normalized spacial score (nSPS) is 29.0. The topological polar surface area (TPSA) is 29.5 Å². The molecule has 1 saturated carbocycles. The van der Waals surface area contributed by atoms with Crippen LogP contribution in [0.3, 0.4) is 0 Å². The Morgan fingerprint density at radius 3 is 2.58 bits per heavy atom. The maximum atomic E-state index is 11.5. The second-order valence-corrected chi connectivity index (χ2v) is 5.68. The number of ether oxygens (including phenoxy) is 1. The van der Waals surface area contributed by atoms with Gasteiger partial charge in [-0.1, -0.05) is 30.3 Å². The third-order valence-corrected chi connectivity index (χ3v) is 4.40. The standard InChI is InChI=1S/C16H21NO2/c1-2-19-16(18)8-13-14-10-17(11-15(13)14)9-12-6-4-3-5-7-12/h3-7,13-15H,2,8-11H2,1H3/t13?,14-,15+.